The molecule has 0 heterocycles. The Balaban J connectivity index is 1.63. The highest BCUT2D eigenvalue weighted by molar-refractivity contribution is 8.45. The molecule has 0 bridgehead atoms. The molecule has 35 heavy (non-hydrogen) atoms. The molecule has 1 saturated carbocycles. The van der Waals surface area contributed by atoms with Gasteiger partial charge in [0, 0.05) is 5.39 Å². The van der Waals surface area contributed by atoms with Gasteiger partial charge in [-0.3, -0.25) is 4.79 Å². The molecule has 188 valence electrons. The van der Waals surface area contributed by atoms with Gasteiger partial charge in [0.2, 0.25) is 0 Å². The first-order chi connectivity index (χ1) is 16.1. The van der Waals surface area contributed by atoms with Gasteiger partial charge in [-0.1, -0.05) is 68.8 Å². The van der Waals surface area contributed by atoms with Crippen LogP contribution in [-0.4, -0.2) is 23.0 Å². The van der Waals surface area contributed by atoms with Crippen molar-refractivity contribution in [1.29, 1.82) is 0 Å². The number of carbonyl (C=O) groups is 2. The zero-order valence-electron chi connectivity index (χ0n) is 18.4. The van der Waals surface area contributed by atoms with Crippen LogP contribution in [0.1, 0.15) is 35.7 Å². The number of hydrogen-bond acceptors (Lipinski definition) is 3. The summed E-state index contributed by atoms with van der Waals surface area (Å²) in [6, 6.07) is 11.3. The average molecular weight is 516 g/mol. The minimum atomic E-state index is -9.79. The van der Waals surface area contributed by atoms with Crippen molar-refractivity contribution >= 4 is 32.9 Å². The van der Waals surface area contributed by atoms with Gasteiger partial charge >= 0.3 is 16.2 Å². The van der Waals surface area contributed by atoms with E-state index in [1.165, 1.54) is 6.07 Å². The van der Waals surface area contributed by atoms with Crippen LogP contribution >= 0.6 is 10.2 Å². The molecule has 0 aromatic heterocycles. The van der Waals surface area contributed by atoms with Crippen LogP contribution in [0.2, 0.25) is 0 Å². The summed E-state index contributed by atoms with van der Waals surface area (Å²) >= 11 is 0. The van der Waals surface area contributed by atoms with Crippen molar-refractivity contribution in [1.82, 2.24) is 5.32 Å². The van der Waals surface area contributed by atoms with Crippen molar-refractivity contribution in [3.8, 4) is 5.75 Å². The fraction of sp³-hybridized carbons (Fsp3) is 0.250. The number of hydrogen-bond donors (Lipinski definition) is 2. The molecule has 2 N–H and O–H groups in total. The summed E-state index contributed by atoms with van der Waals surface area (Å²) in [6.45, 7) is 1.45. The molecular formula is C24H22F5NO4S. The smallest absolute Gasteiger partial charge is 0.326 e. The third-order valence-corrected chi connectivity index (χ3v) is 7.30. The second kappa shape index (κ2) is 7.58. The van der Waals surface area contributed by atoms with E-state index in [0.717, 1.165) is 12.1 Å². The Hall–Kier alpha value is -3.34. The number of carboxylic acids is 1. The Morgan fingerprint density at radius 3 is 2.20 bits per heavy atom. The van der Waals surface area contributed by atoms with Gasteiger partial charge in [-0.2, -0.15) is 0 Å². The summed E-state index contributed by atoms with van der Waals surface area (Å²) in [7, 11) is -9.79. The van der Waals surface area contributed by atoms with E-state index in [2.05, 4.69) is 5.32 Å². The van der Waals surface area contributed by atoms with Crippen LogP contribution in [0, 0.1) is 5.41 Å². The number of aliphatic carboxylic acids is 1. The molecule has 1 unspecified atom stereocenters. The van der Waals surface area contributed by atoms with Crippen molar-refractivity contribution < 1.29 is 38.9 Å². The molecule has 11 heteroatoms. The predicted octanol–water partition coefficient (Wildman–Crippen LogP) is 7.06. The lowest BCUT2D eigenvalue weighted by Gasteiger charge is -2.40. The number of fused-ring (bicyclic) bond motifs is 1. The molecule has 3 aromatic rings. The number of halogens is 5. The lowest BCUT2D eigenvalue weighted by Crippen LogP contribution is -2.46. The summed E-state index contributed by atoms with van der Waals surface area (Å²) in [6.07, 6.45) is 1.31. The fourth-order valence-electron chi connectivity index (χ4n) is 3.80. The maximum atomic E-state index is 13.1. The molecule has 1 fully saturated rings. The zero-order valence-corrected chi connectivity index (χ0v) is 19.3. The molecule has 5 nitrogen and oxygen atoms in total. The molecule has 1 atom stereocenters. The topological polar surface area (TPSA) is 75.6 Å². The first-order valence-corrected chi connectivity index (χ1v) is 12.5. The Bertz CT molecular complexity index is 1320. The van der Waals surface area contributed by atoms with E-state index in [1.807, 2.05) is 0 Å². The van der Waals surface area contributed by atoms with E-state index in [0.29, 0.717) is 35.7 Å². The molecule has 0 radical (unpaired) electrons. The second-order valence-electron chi connectivity index (χ2n) is 8.96. The monoisotopic (exact) mass is 515 g/mol. The van der Waals surface area contributed by atoms with Crippen molar-refractivity contribution in [3.05, 3.63) is 71.8 Å². The molecule has 1 aliphatic rings. The Morgan fingerprint density at radius 2 is 1.63 bits per heavy atom. The predicted molar refractivity (Wildman–Crippen MR) is 122 cm³/mol. The lowest BCUT2D eigenvalue weighted by atomic mass is 9.98. The van der Waals surface area contributed by atoms with Crippen molar-refractivity contribution in [2.24, 2.45) is 5.41 Å². The van der Waals surface area contributed by atoms with Crippen LogP contribution in [-0.2, 0) is 11.4 Å². The first-order valence-electron chi connectivity index (χ1n) is 10.6. The van der Waals surface area contributed by atoms with Gasteiger partial charge in [-0.05, 0) is 47.4 Å². The standard InChI is InChI=1S/C24H22F5NO4S/c1-24(12-13-24)21(23(32)33)30-22(31)19-11-8-16-4-2-3-5-18(16)20(19)34-14-15-6-9-17(10-7-15)35(25,26,27,28)29/h2-11,21H,12-14H2,1H3,(H,30,31)(H,32,33). The first kappa shape index (κ1) is 24.8. The molecule has 3 aromatic carbocycles. The van der Waals surface area contributed by atoms with Crippen molar-refractivity contribution in [2.75, 3.05) is 0 Å². The van der Waals surface area contributed by atoms with Crippen LogP contribution in [0.25, 0.3) is 10.8 Å². The van der Waals surface area contributed by atoms with Crippen molar-refractivity contribution in [2.45, 2.75) is 37.3 Å². The number of nitrogens with one attached hydrogen (secondary N) is 1. The maximum absolute atomic E-state index is 13.1. The van der Waals surface area contributed by atoms with E-state index in [4.69, 9.17) is 4.74 Å². The molecule has 1 aliphatic carbocycles. The molecule has 0 aliphatic heterocycles. The van der Waals surface area contributed by atoms with Gasteiger partial charge in [0.25, 0.3) is 5.91 Å². The highest BCUT2D eigenvalue weighted by Gasteiger charge is 2.65. The zero-order chi connectivity index (χ0) is 25.7. The number of rotatable bonds is 8. The summed E-state index contributed by atoms with van der Waals surface area (Å²) in [5.41, 5.74) is -0.337. The number of carboxylic acid groups (broad SMARTS) is 1. The summed E-state index contributed by atoms with van der Waals surface area (Å²) in [4.78, 5) is 22.8. The Kier molecular flexibility index (Phi) is 5.36. The second-order valence-corrected chi connectivity index (χ2v) is 11.4. The van der Waals surface area contributed by atoms with Gasteiger partial charge in [0.05, 0.1) is 5.56 Å². The van der Waals surface area contributed by atoms with E-state index in [1.54, 1.807) is 37.3 Å². The number of benzene rings is 3. The SMILES string of the molecule is CC1(C(NC(=O)c2ccc3ccccc3c2OCc2ccc(S(F)(F)(F)(F)F)cc2)C(=O)O)CC1. The lowest BCUT2D eigenvalue weighted by molar-refractivity contribution is -0.141. The quantitative estimate of drug-likeness (QED) is 0.315. The maximum Gasteiger partial charge on any atom is 0.326 e. The van der Waals surface area contributed by atoms with Gasteiger partial charge in [0.1, 0.15) is 23.3 Å². The van der Waals surface area contributed by atoms with Crippen LogP contribution < -0.4 is 10.1 Å². The Morgan fingerprint density at radius 1 is 1.00 bits per heavy atom. The molecule has 0 saturated heterocycles. The van der Waals surface area contributed by atoms with Gasteiger partial charge in [0.15, 0.2) is 0 Å². The summed E-state index contributed by atoms with van der Waals surface area (Å²) < 4.78 is 70.7. The van der Waals surface area contributed by atoms with E-state index in [9.17, 15) is 34.1 Å². The normalized spacial score (nSPS) is 17.7. The third-order valence-electron chi connectivity index (χ3n) is 6.13. The molecular weight excluding hydrogens is 493 g/mol. The minimum Gasteiger partial charge on any atom is -0.487 e. The van der Waals surface area contributed by atoms with Gasteiger partial charge in [-0.15, -0.1) is 0 Å². The Labute approximate surface area is 197 Å². The van der Waals surface area contributed by atoms with Gasteiger partial charge in [-0.25, -0.2) is 4.79 Å². The molecule has 0 spiro atoms. The fourth-order valence-corrected chi connectivity index (χ4v) is 4.45. The number of amides is 1. The third kappa shape index (κ3) is 5.34. The van der Waals surface area contributed by atoms with E-state index in [-0.39, 0.29) is 23.5 Å². The van der Waals surface area contributed by atoms with E-state index >= 15 is 0 Å². The number of ether oxygens (including phenoxy) is 1. The average Bonchev–Trinajstić information content (AvgIpc) is 3.52. The van der Waals surface area contributed by atoms with Gasteiger partial charge < -0.3 is 15.2 Å². The highest BCUT2D eigenvalue weighted by Crippen LogP contribution is 3.02. The summed E-state index contributed by atoms with van der Waals surface area (Å²) in [5.74, 6) is -1.74. The van der Waals surface area contributed by atoms with Crippen LogP contribution in [0.3, 0.4) is 0 Å². The highest BCUT2D eigenvalue weighted by atomic mass is 32.5. The summed E-state index contributed by atoms with van der Waals surface area (Å²) in [5, 5.41) is 13.4. The number of carbonyl (C=O) groups excluding carboxylic acids is 1. The largest absolute Gasteiger partial charge is 0.487 e. The molecule has 4 rings (SSSR count). The minimum absolute atomic E-state index is 0.0443. The van der Waals surface area contributed by atoms with Crippen LogP contribution in [0.15, 0.2) is 65.6 Å². The molecule has 1 amide bonds. The van der Waals surface area contributed by atoms with E-state index < -0.39 is 38.5 Å². The van der Waals surface area contributed by atoms with Crippen molar-refractivity contribution in [3.63, 3.8) is 0 Å². The van der Waals surface area contributed by atoms with Crippen LogP contribution in [0.5, 0.6) is 5.75 Å². The van der Waals surface area contributed by atoms with Crippen LogP contribution in [0.4, 0.5) is 19.4 Å².